The van der Waals surface area contributed by atoms with E-state index in [1.807, 2.05) is 25.1 Å². The van der Waals surface area contributed by atoms with Gasteiger partial charge in [0.1, 0.15) is 5.58 Å². The number of hydrogen-bond donors (Lipinski definition) is 1. The van der Waals surface area contributed by atoms with Crippen LogP contribution >= 0.6 is 0 Å². The quantitative estimate of drug-likeness (QED) is 0.649. The Balaban J connectivity index is 1.51. The van der Waals surface area contributed by atoms with Crippen LogP contribution in [0, 0.1) is 6.92 Å². The molecule has 3 aromatic rings. The number of carbonyl (C=O) groups is 3. The zero-order chi connectivity index (χ0) is 21.0. The molecule has 150 valence electrons. The number of nitrogens with zero attached hydrogens (tertiary/aromatic N) is 1. The third-order valence-corrected chi connectivity index (χ3v) is 4.33. The van der Waals surface area contributed by atoms with Crippen molar-refractivity contribution in [1.82, 2.24) is 4.90 Å². The van der Waals surface area contributed by atoms with Crippen molar-refractivity contribution < 1.29 is 23.5 Å². The molecule has 2 aromatic carbocycles. The predicted molar refractivity (Wildman–Crippen MR) is 109 cm³/mol. The van der Waals surface area contributed by atoms with Crippen LogP contribution in [-0.2, 0) is 20.7 Å². The predicted octanol–water partition coefficient (Wildman–Crippen LogP) is 3.17. The lowest BCUT2D eigenvalue weighted by atomic mass is 10.1. The van der Waals surface area contributed by atoms with E-state index in [1.54, 1.807) is 38.4 Å². The Hall–Kier alpha value is -3.61. The molecule has 0 fully saturated rings. The Morgan fingerprint density at radius 1 is 1.07 bits per heavy atom. The van der Waals surface area contributed by atoms with Gasteiger partial charge in [0.25, 0.3) is 11.8 Å². The topological polar surface area (TPSA) is 88.8 Å². The van der Waals surface area contributed by atoms with Gasteiger partial charge in [0.05, 0.1) is 12.7 Å². The molecule has 1 heterocycles. The monoisotopic (exact) mass is 394 g/mol. The molecular formula is C22H22N2O5. The van der Waals surface area contributed by atoms with E-state index in [-0.39, 0.29) is 12.3 Å². The number of rotatable bonds is 6. The van der Waals surface area contributed by atoms with Gasteiger partial charge in [-0.1, -0.05) is 12.1 Å². The standard InChI is InChI=1S/C22H22N2O5/c1-14-4-9-18-16(12-28-19(18)10-14)11-21(26)29-13-20(25)23-17-7-5-15(6-8-17)22(27)24(2)3/h4-10,12H,11,13H2,1-3H3,(H,23,25). The molecule has 0 atom stereocenters. The summed E-state index contributed by atoms with van der Waals surface area (Å²) in [7, 11) is 3.33. The summed E-state index contributed by atoms with van der Waals surface area (Å²) in [6.45, 7) is 1.56. The van der Waals surface area contributed by atoms with Gasteiger partial charge in [-0.2, -0.15) is 0 Å². The van der Waals surface area contributed by atoms with Crippen LogP contribution in [0.1, 0.15) is 21.5 Å². The van der Waals surface area contributed by atoms with E-state index < -0.39 is 18.5 Å². The van der Waals surface area contributed by atoms with E-state index in [2.05, 4.69) is 5.32 Å². The number of nitrogens with one attached hydrogen (secondary N) is 1. The van der Waals surface area contributed by atoms with E-state index in [0.717, 1.165) is 10.9 Å². The Morgan fingerprint density at radius 2 is 1.79 bits per heavy atom. The van der Waals surface area contributed by atoms with E-state index in [0.29, 0.717) is 22.4 Å². The molecule has 0 bridgehead atoms. The molecule has 0 saturated heterocycles. The Kier molecular flexibility index (Phi) is 5.97. The second-order valence-electron chi connectivity index (χ2n) is 6.92. The summed E-state index contributed by atoms with van der Waals surface area (Å²) in [5.74, 6) is -1.10. The lowest BCUT2D eigenvalue weighted by Gasteiger charge is -2.11. The largest absolute Gasteiger partial charge is 0.464 e. The van der Waals surface area contributed by atoms with E-state index in [9.17, 15) is 14.4 Å². The summed E-state index contributed by atoms with van der Waals surface area (Å²) >= 11 is 0. The fraction of sp³-hybridized carbons (Fsp3) is 0.227. The summed E-state index contributed by atoms with van der Waals surface area (Å²) < 4.78 is 10.5. The molecule has 3 rings (SSSR count). The number of anilines is 1. The maximum Gasteiger partial charge on any atom is 0.310 e. The zero-order valence-electron chi connectivity index (χ0n) is 16.5. The summed E-state index contributed by atoms with van der Waals surface area (Å²) in [4.78, 5) is 37.4. The number of hydrogen-bond acceptors (Lipinski definition) is 5. The number of fused-ring (bicyclic) bond motifs is 1. The Labute approximate surface area is 168 Å². The molecule has 1 aromatic heterocycles. The van der Waals surface area contributed by atoms with Crippen molar-refractivity contribution in [1.29, 1.82) is 0 Å². The molecule has 0 aliphatic heterocycles. The van der Waals surface area contributed by atoms with Crippen LogP contribution in [-0.4, -0.2) is 43.4 Å². The first kappa shape index (κ1) is 20.1. The van der Waals surface area contributed by atoms with Gasteiger partial charge < -0.3 is 19.4 Å². The van der Waals surface area contributed by atoms with Crippen LogP contribution in [0.4, 0.5) is 5.69 Å². The minimum Gasteiger partial charge on any atom is -0.464 e. The fourth-order valence-electron chi connectivity index (χ4n) is 2.83. The van der Waals surface area contributed by atoms with E-state index in [1.165, 1.54) is 11.2 Å². The van der Waals surface area contributed by atoms with Gasteiger partial charge in [-0.25, -0.2) is 0 Å². The molecule has 0 radical (unpaired) electrons. The van der Waals surface area contributed by atoms with Crippen molar-refractivity contribution in [2.75, 3.05) is 26.0 Å². The van der Waals surface area contributed by atoms with Gasteiger partial charge in [0.15, 0.2) is 6.61 Å². The highest BCUT2D eigenvalue weighted by molar-refractivity contribution is 5.96. The highest BCUT2D eigenvalue weighted by Crippen LogP contribution is 2.23. The number of carbonyl (C=O) groups excluding carboxylic acids is 3. The maximum atomic E-state index is 12.1. The summed E-state index contributed by atoms with van der Waals surface area (Å²) in [5.41, 5.74) is 3.52. The van der Waals surface area contributed by atoms with Crippen molar-refractivity contribution in [3.8, 4) is 0 Å². The van der Waals surface area contributed by atoms with Gasteiger partial charge in [0.2, 0.25) is 0 Å². The number of ether oxygens (including phenoxy) is 1. The first-order chi connectivity index (χ1) is 13.8. The van der Waals surface area contributed by atoms with Crippen molar-refractivity contribution in [3.05, 3.63) is 65.4 Å². The molecule has 0 spiro atoms. The SMILES string of the molecule is Cc1ccc2c(CC(=O)OCC(=O)Nc3ccc(C(=O)N(C)C)cc3)coc2c1. The molecule has 0 unspecified atom stereocenters. The van der Waals surface area contributed by atoms with E-state index >= 15 is 0 Å². The minimum absolute atomic E-state index is 0.0185. The fourth-order valence-corrected chi connectivity index (χ4v) is 2.83. The van der Waals surface area contributed by atoms with Gasteiger partial charge >= 0.3 is 5.97 Å². The molecule has 0 aliphatic carbocycles. The summed E-state index contributed by atoms with van der Waals surface area (Å²) in [6.07, 6.45) is 1.55. The van der Waals surface area contributed by atoms with Crippen LogP contribution in [0.15, 0.2) is 53.1 Å². The number of aryl methyl sites for hydroxylation is 1. The minimum atomic E-state index is -0.518. The van der Waals surface area contributed by atoms with Crippen molar-refractivity contribution in [2.24, 2.45) is 0 Å². The second-order valence-corrected chi connectivity index (χ2v) is 6.92. The van der Waals surface area contributed by atoms with Crippen LogP contribution in [0.5, 0.6) is 0 Å². The Bertz CT molecular complexity index is 1050. The molecule has 0 saturated carbocycles. The van der Waals surface area contributed by atoms with Crippen molar-refractivity contribution in [2.45, 2.75) is 13.3 Å². The maximum absolute atomic E-state index is 12.1. The molecule has 29 heavy (non-hydrogen) atoms. The molecule has 7 heteroatoms. The number of benzene rings is 2. The first-order valence-corrected chi connectivity index (χ1v) is 9.07. The molecule has 2 amide bonds. The van der Waals surface area contributed by atoms with E-state index in [4.69, 9.17) is 9.15 Å². The van der Waals surface area contributed by atoms with Crippen LogP contribution in [0.3, 0.4) is 0 Å². The van der Waals surface area contributed by atoms with Crippen LogP contribution < -0.4 is 5.32 Å². The first-order valence-electron chi connectivity index (χ1n) is 9.07. The average molecular weight is 394 g/mol. The molecular weight excluding hydrogens is 372 g/mol. The lowest BCUT2D eigenvalue weighted by molar-refractivity contribution is -0.146. The average Bonchev–Trinajstić information content (AvgIpc) is 3.08. The molecule has 7 nitrogen and oxygen atoms in total. The third-order valence-electron chi connectivity index (χ3n) is 4.33. The van der Waals surface area contributed by atoms with Gasteiger partial charge in [-0.15, -0.1) is 0 Å². The smallest absolute Gasteiger partial charge is 0.310 e. The lowest BCUT2D eigenvalue weighted by Crippen LogP contribution is -2.22. The number of furan rings is 1. The normalized spacial score (nSPS) is 10.6. The van der Waals surface area contributed by atoms with Crippen LogP contribution in [0.2, 0.25) is 0 Å². The highest BCUT2D eigenvalue weighted by atomic mass is 16.5. The highest BCUT2D eigenvalue weighted by Gasteiger charge is 2.14. The third kappa shape index (κ3) is 5.01. The summed E-state index contributed by atoms with van der Waals surface area (Å²) in [5, 5.41) is 3.48. The van der Waals surface area contributed by atoms with Gasteiger partial charge in [0, 0.05) is 36.3 Å². The second kappa shape index (κ2) is 8.60. The van der Waals surface area contributed by atoms with Gasteiger partial charge in [-0.05, 0) is 42.8 Å². The number of esters is 1. The number of amides is 2. The molecule has 0 aliphatic rings. The van der Waals surface area contributed by atoms with Crippen molar-refractivity contribution >= 4 is 34.4 Å². The molecule has 1 N–H and O–H groups in total. The van der Waals surface area contributed by atoms with Crippen LogP contribution in [0.25, 0.3) is 11.0 Å². The van der Waals surface area contributed by atoms with Gasteiger partial charge in [-0.3, -0.25) is 14.4 Å². The Morgan fingerprint density at radius 3 is 2.48 bits per heavy atom. The zero-order valence-corrected chi connectivity index (χ0v) is 16.5. The summed E-state index contributed by atoms with van der Waals surface area (Å²) in [6, 6.07) is 12.2. The van der Waals surface area contributed by atoms with Crippen molar-refractivity contribution in [3.63, 3.8) is 0 Å².